The first-order valence-corrected chi connectivity index (χ1v) is 11.9. The summed E-state index contributed by atoms with van der Waals surface area (Å²) in [7, 11) is -1.44. The molecule has 0 bridgehead atoms. The highest BCUT2D eigenvalue weighted by molar-refractivity contribution is 7.83. The fourth-order valence-corrected chi connectivity index (χ4v) is 5.22. The fraction of sp³-hybridized carbons (Fsp3) is 0.0345. The number of rotatable bonds is 3. The molecule has 32 heavy (non-hydrogen) atoms. The van der Waals surface area contributed by atoms with E-state index < -0.39 is 7.14 Å². The summed E-state index contributed by atoms with van der Waals surface area (Å²) >= 11 is 0. The molecule has 0 atom stereocenters. The van der Waals surface area contributed by atoms with Gasteiger partial charge in [0.25, 0.3) is 0 Å². The van der Waals surface area contributed by atoms with E-state index in [9.17, 15) is 4.57 Å². The Hall–Kier alpha value is -3.97. The summed E-state index contributed by atoms with van der Waals surface area (Å²) in [5.74, 6) is 10.3. The van der Waals surface area contributed by atoms with Gasteiger partial charge in [0.1, 0.15) is 5.75 Å². The van der Waals surface area contributed by atoms with Crippen LogP contribution < -0.4 is 15.3 Å². The number of benzene rings is 4. The molecule has 4 rings (SSSR count). The maximum atomic E-state index is 14.0. The lowest BCUT2D eigenvalue weighted by Gasteiger charge is -2.12. The molecule has 0 fully saturated rings. The Morgan fingerprint density at radius 1 is 0.594 bits per heavy atom. The third-order valence-electron chi connectivity index (χ3n) is 4.90. The highest BCUT2D eigenvalue weighted by Crippen LogP contribution is 2.41. The summed E-state index contributed by atoms with van der Waals surface area (Å²) in [6.45, 7) is 0. The number of ether oxygens (including phenoxy) is 1. The van der Waals surface area contributed by atoms with E-state index in [1.165, 1.54) is 0 Å². The molecule has 0 N–H and O–H groups in total. The number of methoxy groups -OCH3 is 1. The SMILES string of the molecule is COc1ccc(C#Cc2cccc(C#CP(=O)(c3ccccc3)c3ccccc3)c2)cc1. The molecule has 0 saturated carbocycles. The molecular formula is C29H21O2P. The molecule has 0 unspecified atom stereocenters. The van der Waals surface area contributed by atoms with Gasteiger partial charge in [0.15, 0.2) is 0 Å². The second kappa shape index (κ2) is 9.89. The Labute approximate surface area is 189 Å². The first-order chi connectivity index (χ1) is 15.7. The summed E-state index contributed by atoms with van der Waals surface area (Å²) < 4.78 is 19.2. The van der Waals surface area contributed by atoms with Gasteiger partial charge < -0.3 is 4.74 Å². The lowest BCUT2D eigenvalue weighted by Crippen LogP contribution is -2.14. The molecule has 0 aliphatic rings. The molecule has 154 valence electrons. The first kappa shape index (κ1) is 21.3. The van der Waals surface area contributed by atoms with Crippen LogP contribution in [0, 0.1) is 23.4 Å². The van der Waals surface area contributed by atoms with Crippen molar-refractivity contribution in [2.24, 2.45) is 0 Å². The standard InChI is InChI=1S/C29H21O2P/c1-31-27-19-17-24(18-20-27)15-16-25-9-8-10-26(23-25)21-22-32(30,28-11-4-2-5-12-28)29-13-6-3-7-14-29/h2-14,17-20,23H,1H3. The number of hydrogen-bond acceptors (Lipinski definition) is 2. The van der Waals surface area contributed by atoms with Gasteiger partial charge in [-0.2, -0.15) is 0 Å². The average Bonchev–Trinajstić information content (AvgIpc) is 2.87. The third kappa shape index (κ3) is 5.01. The van der Waals surface area contributed by atoms with E-state index in [-0.39, 0.29) is 0 Å². The van der Waals surface area contributed by atoms with Crippen LogP contribution in [-0.4, -0.2) is 7.11 Å². The zero-order chi connectivity index (χ0) is 22.2. The maximum Gasteiger partial charge on any atom is 0.211 e. The largest absolute Gasteiger partial charge is 0.497 e. The predicted molar refractivity (Wildman–Crippen MR) is 132 cm³/mol. The second-order valence-corrected chi connectivity index (χ2v) is 9.55. The molecule has 2 nitrogen and oxygen atoms in total. The van der Waals surface area contributed by atoms with Crippen LogP contribution in [0.25, 0.3) is 0 Å². The molecule has 0 aliphatic carbocycles. The summed E-state index contributed by atoms with van der Waals surface area (Å²) in [6, 6.07) is 34.2. The molecule has 3 heteroatoms. The highest BCUT2D eigenvalue weighted by Gasteiger charge is 2.24. The van der Waals surface area contributed by atoms with Crippen LogP contribution in [-0.2, 0) is 4.57 Å². The number of hydrogen-bond donors (Lipinski definition) is 0. The van der Waals surface area contributed by atoms with E-state index in [0.29, 0.717) is 0 Å². The van der Waals surface area contributed by atoms with Crippen LogP contribution in [0.5, 0.6) is 5.75 Å². The minimum absolute atomic E-state index is 0.731. The van der Waals surface area contributed by atoms with Gasteiger partial charge in [0.2, 0.25) is 7.14 Å². The van der Waals surface area contributed by atoms with Gasteiger partial charge in [-0.1, -0.05) is 84.5 Å². The minimum atomic E-state index is -3.08. The summed E-state index contributed by atoms with van der Waals surface area (Å²) in [4.78, 5) is 0. The Morgan fingerprint density at radius 2 is 1.12 bits per heavy atom. The summed E-state index contributed by atoms with van der Waals surface area (Å²) in [5.41, 5.74) is 5.63. The maximum absolute atomic E-state index is 14.0. The zero-order valence-electron chi connectivity index (χ0n) is 17.7. The Balaban J connectivity index is 1.66. The highest BCUT2D eigenvalue weighted by atomic mass is 31.2. The van der Waals surface area contributed by atoms with Crippen LogP contribution in [0.3, 0.4) is 0 Å². The van der Waals surface area contributed by atoms with E-state index >= 15 is 0 Å². The fourth-order valence-electron chi connectivity index (χ4n) is 3.19. The van der Waals surface area contributed by atoms with Crippen molar-refractivity contribution in [3.8, 4) is 29.2 Å². The van der Waals surface area contributed by atoms with E-state index in [1.807, 2.05) is 109 Å². The lowest BCUT2D eigenvalue weighted by molar-refractivity contribution is 0.415. The van der Waals surface area contributed by atoms with E-state index in [1.54, 1.807) is 7.11 Å². The van der Waals surface area contributed by atoms with Crippen LogP contribution in [0.2, 0.25) is 0 Å². The zero-order valence-corrected chi connectivity index (χ0v) is 18.6. The van der Waals surface area contributed by atoms with Crippen molar-refractivity contribution in [3.63, 3.8) is 0 Å². The lowest BCUT2D eigenvalue weighted by atomic mass is 10.1. The molecule has 0 heterocycles. The van der Waals surface area contributed by atoms with Gasteiger partial charge in [-0.15, -0.1) is 0 Å². The second-order valence-electron chi connectivity index (χ2n) is 7.08. The van der Waals surface area contributed by atoms with Crippen molar-refractivity contribution in [2.45, 2.75) is 0 Å². The minimum Gasteiger partial charge on any atom is -0.497 e. The molecule has 0 aliphatic heterocycles. The molecule has 0 spiro atoms. The van der Waals surface area contributed by atoms with Crippen molar-refractivity contribution in [2.75, 3.05) is 7.11 Å². The Morgan fingerprint density at radius 3 is 1.69 bits per heavy atom. The quantitative estimate of drug-likeness (QED) is 0.319. The van der Waals surface area contributed by atoms with Gasteiger partial charge in [-0.05, 0) is 48.1 Å². The first-order valence-electron chi connectivity index (χ1n) is 10.2. The van der Waals surface area contributed by atoms with Crippen molar-refractivity contribution in [1.82, 2.24) is 0 Å². The Kier molecular flexibility index (Phi) is 6.57. The molecule has 4 aromatic carbocycles. The third-order valence-corrected chi connectivity index (χ3v) is 7.38. The van der Waals surface area contributed by atoms with Crippen molar-refractivity contribution >= 4 is 17.8 Å². The van der Waals surface area contributed by atoms with Gasteiger partial charge in [-0.25, -0.2) is 0 Å². The van der Waals surface area contributed by atoms with Crippen LogP contribution >= 0.6 is 7.14 Å². The summed E-state index contributed by atoms with van der Waals surface area (Å²) in [6.07, 6.45) is 0. The molecule has 4 aromatic rings. The van der Waals surface area contributed by atoms with Crippen LogP contribution in [0.1, 0.15) is 16.7 Å². The Bertz CT molecular complexity index is 1320. The van der Waals surface area contributed by atoms with Crippen molar-refractivity contribution < 1.29 is 9.30 Å². The van der Waals surface area contributed by atoms with Gasteiger partial charge in [-0.3, -0.25) is 4.57 Å². The van der Waals surface area contributed by atoms with E-state index in [4.69, 9.17) is 4.74 Å². The van der Waals surface area contributed by atoms with Gasteiger partial charge in [0, 0.05) is 27.3 Å². The van der Waals surface area contributed by atoms with Crippen molar-refractivity contribution in [3.05, 3.63) is 126 Å². The predicted octanol–water partition coefficient (Wildman–Crippen LogP) is 5.42. The van der Waals surface area contributed by atoms with Gasteiger partial charge >= 0.3 is 0 Å². The normalized spacial score (nSPS) is 10.3. The van der Waals surface area contributed by atoms with Gasteiger partial charge in [0.05, 0.1) is 7.11 Å². The van der Waals surface area contributed by atoms with E-state index in [0.717, 1.165) is 33.0 Å². The summed E-state index contributed by atoms with van der Waals surface area (Å²) in [5, 5.41) is 1.46. The molecule has 0 radical (unpaired) electrons. The topological polar surface area (TPSA) is 26.3 Å². The molecule has 0 amide bonds. The monoisotopic (exact) mass is 432 g/mol. The van der Waals surface area contributed by atoms with E-state index in [2.05, 4.69) is 23.4 Å². The van der Waals surface area contributed by atoms with Crippen LogP contribution in [0.15, 0.2) is 109 Å². The van der Waals surface area contributed by atoms with Crippen molar-refractivity contribution in [1.29, 1.82) is 0 Å². The smallest absolute Gasteiger partial charge is 0.211 e. The van der Waals surface area contributed by atoms with Crippen LogP contribution in [0.4, 0.5) is 0 Å². The molecule has 0 saturated heterocycles. The molecule has 0 aromatic heterocycles. The average molecular weight is 432 g/mol. The molecular weight excluding hydrogens is 411 g/mol.